The lowest BCUT2D eigenvalue weighted by atomic mass is 9.96. The lowest BCUT2D eigenvalue weighted by molar-refractivity contribution is 0.678. The van der Waals surface area contributed by atoms with Gasteiger partial charge >= 0.3 is 0 Å². The first kappa shape index (κ1) is 8.54. The molecule has 0 aliphatic heterocycles. The zero-order valence-corrected chi connectivity index (χ0v) is 7.73. The van der Waals surface area contributed by atoms with E-state index in [9.17, 15) is 0 Å². The predicted molar refractivity (Wildman–Crippen MR) is 52.2 cm³/mol. The maximum absolute atomic E-state index is 3.76. The average Bonchev–Trinajstić information content (AvgIpc) is 2.52. The Labute approximate surface area is 72.6 Å². The minimum absolute atomic E-state index is 0.693. The third-order valence-corrected chi connectivity index (χ3v) is 2.66. The van der Waals surface area contributed by atoms with Crippen molar-refractivity contribution in [3.05, 3.63) is 35.0 Å². The van der Waals surface area contributed by atoms with Crippen LogP contribution in [0.3, 0.4) is 0 Å². The summed E-state index contributed by atoms with van der Waals surface area (Å²) in [6.07, 6.45) is 4.32. The molecule has 0 radical (unpaired) electrons. The average molecular weight is 166 g/mol. The van der Waals surface area contributed by atoms with E-state index < -0.39 is 0 Å². The highest BCUT2D eigenvalue weighted by molar-refractivity contribution is 7.07. The Morgan fingerprint density at radius 3 is 3.00 bits per heavy atom. The van der Waals surface area contributed by atoms with Crippen LogP contribution in [0.1, 0.15) is 31.2 Å². The normalized spacial score (nSPS) is 12.8. The van der Waals surface area contributed by atoms with Gasteiger partial charge in [0, 0.05) is 0 Å². The van der Waals surface area contributed by atoms with Crippen molar-refractivity contribution in [3.63, 3.8) is 0 Å². The molecule has 60 valence electrons. The zero-order chi connectivity index (χ0) is 8.10. The molecule has 1 unspecified atom stereocenters. The molecule has 1 aromatic heterocycles. The summed E-state index contributed by atoms with van der Waals surface area (Å²) in [6, 6.07) is 2.21. The minimum Gasteiger partial charge on any atom is -0.152 e. The third kappa shape index (κ3) is 2.19. The van der Waals surface area contributed by atoms with Crippen LogP contribution in [0.25, 0.3) is 0 Å². The molecule has 0 aromatic carbocycles. The summed E-state index contributed by atoms with van der Waals surface area (Å²) in [5.41, 5.74) is 1.47. The Hall–Kier alpha value is -0.560. The van der Waals surface area contributed by atoms with Crippen LogP contribution in [-0.2, 0) is 0 Å². The third-order valence-electron chi connectivity index (χ3n) is 1.96. The number of allylic oxidation sites excluding steroid dienone is 1. The standard InChI is InChI=1S/C10H14S/c1-3-5-9(4-2)10-6-7-11-8-10/h3,6-9H,1,4-5H2,2H3. The largest absolute Gasteiger partial charge is 0.152 e. The van der Waals surface area contributed by atoms with Crippen molar-refractivity contribution < 1.29 is 0 Å². The summed E-state index contributed by atoms with van der Waals surface area (Å²) in [7, 11) is 0. The summed E-state index contributed by atoms with van der Waals surface area (Å²) in [6.45, 7) is 5.99. The molecule has 1 heterocycles. The Morgan fingerprint density at radius 2 is 2.55 bits per heavy atom. The van der Waals surface area contributed by atoms with E-state index in [-0.39, 0.29) is 0 Å². The second kappa shape index (κ2) is 4.35. The van der Waals surface area contributed by atoms with Gasteiger partial charge < -0.3 is 0 Å². The van der Waals surface area contributed by atoms with E-state index in [1.807, 2.05) is 6.08 Å². The molecule has 1 atom stereocenters. The van der Waals surface area contributed by atoms with E-state index in [0.29, 0.717) is 5.92 Å². The first-order valence-electron chi connectivity index (χ1n) is 4.01. The van der Waals surface area contributed by atoms with Gasteiger partial charge in [0.1, 0.15) is 0 Å². The van der Waals surface area contributed by atoms with Gasteiger partial charge in [0.05, 0.1) is 0 Å². The number of rotatable bonds is 4. The van der Waals surface area contributed by atoms with Crippen LogP contribution >= 0.6 is 11.3 Å². The van der Waals surface area contributed by atoms with Crippen LogP contribution in [0, 0.1) is 0 Å². The van der Waals surface area contributed by atoms with Crippen molar-refractivity contribution in [1.82, 2.24) is 0 Å². The lowest BCUT2D eigenvalue weighted by Gasteiger charge is -2.09. The molecule has 0 saturated carbocycles. The fraction of sp³-hybridized carbons (Fsp3) is 0.400. The Kier molecular flexibility index (Phi) is 3.37. The van der Waals surface area contributed by atoms with E-state index in [1.165, 1.54) is 12.0 Å². The van der Waals surface area contributed by atoms with E-state index in [4.69, 9.17) is 0 Å². The van der Waals surface area contributed by atoms with Gasteiger partial charge in [-0.1, -0.05) is 13.0 Å². The van der Waals surface area contributed by atoms with Gasteiger partial charge in [-0.25, -0.2) is 0 Å². The number of thiophene rings is 1. The predicted octanol–water partition coefficient (Wildman–Crippen LogP) is 3.82. The molecule has 0 fully saturated rings. The summed E-state index contributed by atoms with van der Waals surface area (Å²) in [4.78, 5) is 0. The van der Waals surface area contributed by atoms with Crippen molar-refractivity contribution in [3.8, 4) is 0 Å². The topological polar surface area (TPSA) is 0 Å². The van der Waals surface area contributed by atoms with Crippen molar-refractivity contribution in [2.45, 2.75) is 25.7 Å². The van der Waals surface area contributed by atoms with Gasteiger partial charge in [-0.15, -0.1) is 6.58 Å². The fourth-order valence-corrected chi connectivity index (χ4v) is 1.99. The highest BCUT2D eigenvalue weighted by Crippen LogP contribution is 2.25. The first-order chi connectivity index (χ1) is 5.38. The minimum atomic E-state index is 0.693. The lowest BCUT2D eigenvalue weighted by Crippen LogP contribution is -1.92. The molecule has 0 aliphatic carbocycles. The smallest absolute Gasteiger partial charge is 0.00583 e. The van der Waals surface area contributed by atoms with Crippen LogP contribution in [0.2, 0.25) is 0 Å². The molecule has 0 N–H and O–H groups in total. The quantitative estimate of drug-likeness (QED) is 0.596. The van der Waals surface area contributed by atoms with Gasteiger partial charge in [0.2, 0.25) is 0 Å². The summed E-state index contributed by atoms with van der Waals surface area (Å²) in [5.74, 6) is 0.693. The molecule has 11 heavy (non-hydrogen) atoms. The van der Waals surface area contributed by atoms with E-state index in [1.54, 1.807) is 11.3 Å². The molecule has 0 bridgehead atoms. The van der Waals surface area contributed by atoms with Crippen molar-refractivity contribution >= 4 is 11.3 Å². The van der Waals surface area contributed by atoms with Crippen molar-refractivity contribution in [2.24, 2.45) is 0 Å². The van der Waals surface area contributed by atoms with Crippen LogP contribution in [0.15, 0.2) is 29.5 Å². The second-order valence-corrected chi connectivity index (χ2v) is 3.47. The van der Waals surface area contributed by atoms with E-state index >= 15 is 0 Å². The summed E-state index contributed by atoms with van der Waals surface area (Å²) >= 11 is 1.77. The number of hydrogen-bond donors (Lipinski definition) is 0. The van der Waals surface area contributed by atoms with Gasteiger partial charge in [-0.2, -0.15) is 11.3 Å². The maximum atomic E-state index is 3.76. The second-order valence-electron chi connectivity index (χ2n) is 2.69. The maximum Gasteiger partial charge on any atom is -0.00583 e. The summed E-state index contributed by atoms with van der Waals surface area (Å²) in [5, 5.41) is 4.37. The zero-order valence-electron chi connectivity index (χ0n) is 6.92. The van der Waals surface area contributed by atoms with Crippen LogP contribution in [0.5, 0.6) is 0 Å². The monoisotopic (exact) mass is 166 g/mol. The Morgan fingerprint density at radius 1 is 1.73 bits per heavy atom. The Bertz CT molecular complexity index is 199. The highest BCUT2D eigenvalue weighted by atomic mass is 32.1. The van der Waals surface area contributed by atoms with Crippen LogP contribution in [-0.4, -0.2) is 0 Å². The number of hydrogen-bond acceptors (Lipinski definition) is 1. The first-order valence-corrected chi connectivity index (χ1v) is 4.95. The van der Waals surface area contributed by atoms with Crippen molar-refractivity contribution in [2.75, 3.05) is 0 Å². The Balaban J connectivity index is 2.62. The van der Waals surface area contributed by atoms with E-state index in [2.05, 4.69) is 30.3 Å². The summed E-state index contributed by atoms with van der Waals surface area (Å²) < 4.78 is 0. The SMILES string of the molecule is C=CCC(CC)c1ccsc1. The molecule has 1 aromatic rings. The molecule has 1 rings (SSSR count). The highest BCUT2D eigenvalue weighted by Gasteiger charge is 2.06. The van der Waals surface area contributed by atoms with Gasteiger partial charge in [0.25, 0.3) is 0 Å². The molecule has 0 spiro atoms. The van der Waals surface area contributed by atoms with Gasteiger partial charge in [0.15, 0.2) is 0 Å². The van der Waals surface area contributed by atoms with Crippen molar-refractivity contribution in [1.29, 1.82) is 0 Å². The fourth-order valence-electron chi connectivity index (χ4n) is 1.25. The molecule has 0 nitrogen and oxygen atoms in total. The molecular formula is C10H14S. The van der Waals surface area contributed by atoms with Gasteiger partial charge in [-0.3, -0.25) is 0 Å². The molecular weight excluding hydrogens is 152 g/mol. The van der Waals surface area contributed by atoms with Crippen LogP contribution < -0.4 is 0 Å². The van der Waals surface area contributed by atoms with Gasteiger partial charge in [-0.05, 0) is 41.1 Å². The molecule has 0 aliphatic rings. The molecule has 0 saturated heterocycles. The molecule has 1 heteroatoms. The van der Waals surface area contributed by atoms with Crippen LogP contribution in [0.4, 0.5) is 0 Å². The molecule has 0 amide bonds. The van der Waals surface area contributed by atoms with E-state index in [0.717, 1.165) is 6.42 Å².